The van der Waals surface area contributed by atoms with Crippen molar-refractivity contribution >= 4 is 82.2 Å². The molecule has 0 bridgehead atoms. The minimum Gasteiger partial charge on any atom is -0.455 e. The summed E-state index contributed by atoms with van der Waals surface area (Å²) in [4.78, 5) is 13.1. The Morgan fingerprint density at radius 3 is 1.71 bits per heavy atom. The number of aliphatic imine (C=N–C) groups is 2. The van der Waals surface area contributed by atoms with Crippen LogP contribution in [0.1, 0.15) is 22.9 Å². The maximum Gasteiger partial charge on any atom is 0.160 e. The molecule has 0 amide bonds. The van der Waals surface area contributed by atoms with E-state index in [4.69, 9.17) is 14.4 Å². The predicted molar refractivity (Wildman–Crippen MR) is 264 cm³/mol. The summed E-state index contributed by atoms with van der Waals surface area (Å²) in [5.41, 5.74) is 12.2. The van der Waals surface area contributed by atoms with E-state index in [0.717, 1.165) is 66.8 Å². The highest BCUT2D eigenvalue weighted by molar-refractivity contribution is 7.25. The second-order valence-corrected chi connectivity index (χ2v) is 16.8. The summed E-state index contributed by atoms with van der Waals surface area (Å²) >= 11 is 1.80. The number of thiophene rings is 1. The largest absolute Gasteiger partial charge is 0.455 e. The Hall–Kier alpha value is -8.06. The molecule has 6 heteroatoms. The number of furan rings is 1. The predicted octanol–water partition coefficient (Wildman–Crippen LogP) is 15.3. The topological polar surface area (TPSA) is 53.1 Å². The van der Waals surface area contributed by atoms with Crippen molar-refractivity contribution in [1.82, 2.24) is 5.32 Å². The van der Waals surface area contributed by atoms with Crippen LogP contribution < -0.4 is 10.2 Å². The molecule has 1 N–H and O–H groups in total. The van der Waals surface area contributed by atoms with E-state index in [0.29, 0.717) is 11.7 Å². The number of anilines is 3. The molecule has 0 aliphatic carbocycles. The van der Waals surface area contributed by atoms with Crippen LogP contribution >= 0.6 is 11.3 Å². The Morgan fingerprint density at radius 1 is 0.460 bits per heavy atom. The fraction of sp³-hybridized carbons (Fsp3) is 0.0175. The Morgan fingerprint density at radius 2 is 1.03 bits per heavy atom. The Kier molecular flexibility index (Phi) is 9.01. The first kappa shape index (κ1) is 36.8. The summed E-state index contributed by atoms with van der Waals surface area (Å²) in [6, 6.07) is 76.9. The van der Waals surface area contributed by atoms with Crippen LogP contribution in [0.15, 0.2) is 233 Å². The van der Waals surface area contributed by atoms with Gasteiger partial charge in [0.05, 0.1) is 16.6 Å². The number of hydrogen-bond donors (Lipinski definition) is 1. The maximum absolute atomic E-state index is 6.96. The molecule has 1 aliphatic rings. The molecule has 1 aliphatic heterocycles. The van der Waals surface area contributed by atoms with Gasteiger partial charge in [-0.05, 0) is 82.4 Å². The summed E-state index contributed by atoms with van der Waals surface area (Å²) in [6.07, 6.45) is -0.379. The molecule has 3 heterocycles. The third-order valence-electron chi connectivity index (χ3n) is 12.0. The van der Waals surface area contributed by atoms with Gasteiger partial charge in [-0.1, -0.05) is 164 Å². The van der Waals surface area contributed by atoms with Gasteiger partial charge in [0.1, 0.15) is 23.2 Å². The normalized spacial score (nSPS) is 13.9. The molecule has 5 nitrogen and oxygen atoms in total. The number of nitrogens with one attached hydrogen (secondary N) is 1. The average molecular weight is 827 g/mol. The molecule has 0 saturated heterocycles. The zero-order chi connectivity index (χ0) is 41.7. The van der Waals surface area contributed by atoms with Crippen molar-refractivity contribution in [3.63, 3.8) is 0 Å². The second-order valence-electron chi connectivity index (χ2n) is 15.7. The first-order valence-corrected chi connectivity index (χ1v) is 22.0. The van der Waals surface area contributed by atoms with E-state index >= 15 is 0 Å². The molecular weight excluding hydrogens is 789 g/mol. The zero-order valence-corrected chi connectivity index (χ0v) is 34.8. The van der Waals surface area contributed by atoms with Gasteiger partial charge in [0.25, 0.3) is 0 Å². The standard InChI is InChI=1S/C57H38N4OS/c1-4-15-37(16-5-1)39-27-31-42(32-28-39)61(43-33-29-40(30-34-43)38-17-6-2-7-18-38)48-36-35-47(54-53(48)44-21-10-12-24-49(44)62-54)57-59-55(41-19-8-3-9-20-41)58-56(60-57)46-23-14-26-51-52(46)45-22-11-13-25-50(45)63-51/h1-36,55H,(H,58,59,60). The van der Waals surface area contributed by atoms with Crippen molar-refractivity contribution in [3.8, 4) is 22.3 Å². The molecule has 2 aromatic heterocycles. The summed E-state index contributed by atoms with van der Waals surface area (Å²) < 4.78 is 9.42. The van der Waals surface area contributed by atoms with Gasteiger partial charge in [-0.25, -0.2) is 9.98 Å². The van der Waals surface area contributed by atoms with E-state index in [-0.39, 0.29) is 6.17 Å². The van der Waals surface area contributed by atoms with Crippen molar-refractivity contribution in [2.45, 2.75) is 6.17 Å². The van der Waals surface area contributed by atoms with E-state index in [2.05, 4.69) is 216 Å². The monoisotopic (exact) mass is 826 g/mol. The third kappa shape index (κ3) is 6.56. The average Bonchev–Trinajstić information content (AvgIpc) is 3.95. The number of hydrogen-bond acceptors (Lipinski definition) is 6. The molecule has 0 saturated carbocycles. The summed E-state index contributed by atoms with van der Waals surface area (Å²) in [5, 5.41) is 8.15. The van der Waals surface area contributed by atoms with Gasteiger partial charge in [-0.3, -0.25) is 0 Å². The molecule has 0 spiro atoms. The highest BCUT2D eigenvalue weighted by Gasteiger charge is 2.28. The van der Waals surface area contributed by atoms with Gasteiger partial charge >= 0.3 is 0 Å². The first-order chi connectivity index (χ1) is 31.2. The van der Waals surface area contributed by atoms with Crippen molar-refractivity contribution in [2.75, 3.05) is 4.90 Å². The lowest BCUT2D eigenvalue weighted by Crippen LogP contribution is -2.33. The van der Waals surface area contributed by atoms with Crippen molar-refractivity contribution in [1.29, 1.82) is 0 Å². The number of fused-ring (bicyclic) bond motifs is 6. The first-order valence-electron chi connectivity index (χ1n) is 21.2. The smallest absolute Gasteiger partial charge is 0.160 e. The van der Waals surface area contributed by atoms with E-state index in [1.807, 2.05) is 12.1 Å². The van der Waals surface area contributed by atoms with Crippen molar-refractivity contribution in [3.05, 3.63) is 235 Å². The summed E-state index contributed by atoms with van der Waals surface area (Å²) in [6.45, 7) is 0. The van der Waals surface area contributed by atoms with Crippen LogP contribution in [0.5, 0.6) is 0 Å². The zero-order valence-electron chi connectivity index (χ0n) is 34.0. The number of benzene rings is 9. The lowest BCUT2D eigenvalue weighted by atomic mass is 10.0. The van der Waals surface area contributed by atoms with E-state index in [9.17, 15) is 0 Å². The Balaban J connectivity index is 1.06. The molecule has 0 radical (unpaired) electrons. The minimum absolute atomic E-state index is 0.379. The van der Waals surface area contributed by atoms with Crippen LogP contribution in [0.3, 0.4) is 0 Å². The Labute approximate surface area is 368 Å². The highest BCUT2D eigenvalue weighted by atomic mass is 32.1. The van der Waals surface area contributed by atoms with Gasteiger partial charge < -0.3 is 14.6 Å². The summed E-state index contributed by atoms with van der Waals surface area (Å²) in [7, 11) is 0. The van der Waals surface area contributed by atoms with E-state index in [1.165, 1.54) is 31.3 Å². The van der Waals surface area contributed by atoms with Crippen LogP contribution in [-0.4, -0.2) is 11.7 Å². The third-order valence-corrected chi connectivity index (χ3v) is 13.1. The SMILES string of the molecule is c1ccc(-c2ccc(N(c3ccc(-c4ccccc4)cc3)c3ccc(C4=NC(c5cccc6sc7ccccc7c56)=NC(c5ccccc5)N4)c4oc5ccccc5c34)cc2)cc1. The van der Waals surface area contributed by atoms with Crippen LogP contribution in [0.4, 0.5) is 17.1 Å². The van der Waals surface area contributed by atoms with Gasteiger partial charge in [-0.15, -0.1) is 11.3 Å². The fourth-order valence-electron chi connectivity index (χ4n) is 8.95. The minimum atomic E-state index is -0.379. The van der Waals surface area contributed by atoms with Gasteiger partial charge in [0, 0.05) is 42.5 Å². The molecule has 11 aromatic rings. The van der Waals surface area contributed by atoms with Crippen molar-refractivity contribution < 1.29 is 4.42 Å². The van der Waals surface area contributed by atoms with E-state index in [1.54, 1.807) is 11.3 Å². The molecule has 1 atom stereocenters. The van der Waals surface area contributed by atoms with Crippen LogP contribution in [0, 0.1) is 0 Å². The lowest BCUT2D eigenvalue weighted by molar-refractivity contribution is 0.659. The van der Waals surface area contributed by atoms with Crippen molar-refractivity contribution in [2.24, 2.45) is 9.98 Å². The maximum atomic E-state index is 6.96. The molecule has 12 rings (SSSR count). The lowest BCUT2D eigenvalue weighted by Gasteiger charge is -2.28. The summed E-state index contributed by atoms with van der Waals surface area (Å²) in [5.74, 6) is 1.38. The molecule has 9 aromatic carbocycles. The van der Waals surface area contributed by atoms with Crippen LogP contribution in [-0.2, 0) is 0 Å². The quantitative estimate of drug-likeness (QED) is 0.166. The van der Waals surface area contributed by atoms with E-state index < -0.39 is 0 Å². The number of rotatable bonds is 8. The molecular formula is C57H38N4OS. The van der Waals surface area contributed by atoms with Crippen LogP contribution in [0.2, 0.25) is 0 Å². The van der Waals surface area contributed by atoms with Gasteiger partial charge in [0.2, 0.25) is 0 Å². The molecule has 63 heavy (non-hydrogen) atoms. The molecule has 0 fully saturated rings. The van der Waals surface area contributed by atoms with Gasteiger partial charge in [-0.2, -0.15) is 0 Å². The van der Waals surface area contributed by atoms with Crippen LogP contribution in [0.25, 0.3) is 64.4 Å². The number of amidine groups is 2. The number of nitrogens with zero attached hydrogens (tertiary/aromatic N) is 3. The molecule has 298 valence electrons. The second kappa shape index (κ2) is 15.4. The fourth-order valence-corrected chi connectivity index (χ4v) is 10.1. The highest BCUT2D eigenvalue weighted by Crippen LogP contribution is 2.45. The Bertz CT molecular complexity index is 3440. The molecule has 1 unspecified atom stereocenters. The number of para-hydroxylation sites is 1. The van der Waals surface area contributed by atoms with Gasteiger partial charge in [0.15, 0.2) is 5.84 Å².